The second kappa shape index (κ2) is 11.8. The lowest BCUT2D eigenvalue weighted by Crippen LogP contribution is -2.53. The van der Waals surface area contributed by atoms with Gasteiger partial charge in [0.2, 0.25) is 5.91 Å². The second-order valence-electron chi connectivity index (χ2n) is 5.80. The summed E-state index contributed by atoms with van der Waals surface area (Å²) in [6.07, 6.45) is 8.27. The number of nitrogens with zero attached hydrogens (tertiary/aromatic N) is 2. The molecule has 4 nitrogen and oxygen atoms in total. The highest BCUT2D eigenvalue weighted by Gasteiger charge is 2.23. The maximum atomic E-state index is 12.0. The molecule has 0 fully saturated rings. The van der Waals surface area contributed by atoms with Gasteiger partial charge in [-0.2, -0.15) is 0 Å². The zero-order chi connectivity index (χ0) is 16.1. The summed E-state index contributed by atoms with van der Waals surface area (Å²) < 4.78 is 0.869. The smallest absolute Gasteiger partial charge is 0.246 e. The minimum atomic E-state index is 0.0841. The molecule has 0 aliphatic carbocycles. The van der Waals surface area contributed by atoms with Gasteiger partial charge < -0.3 is 14.5 Å². The van der Waals surface area contributed by atoms with Crippen molar-refractivity contribution in [1.29, 1.82) is 0 Å². The molecule has 0 aromatic rings. The molecule has 0 atom stereocenters. The first-order valence-electron chi connectivity index (χ1n) is 8.42. The van der Waals surface area contributed by atoms with Crippen molar-refractivity contribution < 1.29 is 14.4 Å². The summed E-state index contributed by atoms with van der Waals surface area (Å²) in [6, 6.07) is 0. The Morgan fingerprint density at radius 2 is 1.81 bits per heavy atom. The molecule has 0 heterocycles. The summed E-state index contributed by atoms with van der Waals surface area (Å²) >= 11 is 0. The van der Waals surface area contributed by atoms with Crippen molar-refractivity contribution in [2.45, 2.75) is 46.5 Å². The molecular formula is C17H35N2O2+. The molecule has 0 saturated carbocycles. The summed E-state index contributed by atoms with van der Waals surface area (Å²) in [7, 11) is 1.86. The SMILES string of the molecule is CCCCC/C=C/C(=O)N(C)CC[N+](CC)(CC)CCO. The van der Waals surface area contributed by atoms with Gasteiger partial charge in [0.05, 0.1) is 32.8 Å². The van der Waals surface area contributed by atoms with E-state index in [1.807, 2.05) is 13.1 Å². The monoisotopic (exact) mass is 299 g/mol. The number of carbonyl (C=O) groups excluding carboxylic acids is 1. The van der Waals surface area contributed by atoms with Crippen LogP contribution in [0.3, 0.4) is 0 Å². The molecule has 0 unspecified atom stereocenters. The fourth-order valence-electron chi connectivity index (χ4n) is 2.48. The highest BCUT2D eigenvalue weighted by molar-refractivity contribution is 5.87. The van der Waals surface area contributed by atoms with Crippen molar-refractivity contribution in [3.63, 3.8) is 0 Å². The normalized spacial score (nSPS) is 12.0. The van der Waals surface area contributed by atoms with E-state index in [0.29, 0.717) is 0 Å². The number of aliphatic hydroxyl groups is 1. The number of quaternary nitrogens is 1. The van der Waals surface area contributed by atoms with Crippen LogP contribution in [-0.4, -0.2) is 66.8 Å². The lowest BCUT2D eigenvalue weighted by molar-refractivity contribution is -0.924. The van der Waals surface area contributed by atoms with E-state index in [4.69, 9.17) is 0 Å². The Morgan fingerprint density at radius 1 is 1.14 bits per heavy atom. The first kappa shape index (κ1) is 20.1. The molecule has 0 aliphatic heterocycles. The number of amides is 1. The topological polar surface area (TPSA) is 40.5 Å². The predicted octanol–water partition coefficient (Wildman–Crippen LogP) is 2.43. The Hall–Kier alpha value is -0.870. The van der Waals surface area contributed by atoms with Crippen LogP contribution in [0.25, 0.3) is 0 Å². The van der Waals surface area contributed by atoms with E-state index in [9.17, 15) is 9.90 Å². The summed E-state index contributed by atoms with van der Waals surface area (Å²) in [6.45, 7) is 11.1. The lowest BCUT2D eigenvalue weighted by atomic mass is 10.2. The zero-order valence-electron chi connectivity index (χ0n) is 14.5. The molecule has 1 N–H and O–H groups in total. The van der Waals surface area contributed by atoms with E-state index in [0.717, 1.165) is 50.0 Å². The molecule has 0 saturated heterocycles. The zero-order valence-corrected chi connectivity index (χ0v) is 14.5. The van der Waals surface area contributed by atoms with Crippen LogP contribution in [0.4, 0.5) is 0 Å². The van der Waals surface area contributed by atoms with E-state index in [1.54, 1.807) is 11.0 Å². The molecule has 0 radical (unpaired) electrons. The fourth-order valence-corrected chi connectivity index (χ4v) is 2.48. The standard InChI is InChI=1S/C17H35N2O2/c1-5-8-9-10-11-12-17(21)18(4)13-14-19(6-2,7-3)15-16-20/h11-12,20H,5-10,13-16H2,1-4H3/q+1/b12-11+. The van der Waals surface area contributed by atoms with Crippen molar-refractivity contribution in [1.82, 2.24) is 4.90 Å². The summed E-state index contributed by atoms with van der Waals surface area (Å²) in [5, 5.41) is 9.22. The van der Waals surface area contributed by atoms with E-state index >= 15 is 0 Å². The average Bonchev–Trinajstić information content (AvgIpc) is 2.50. The third-order valence-corrected chi connectivity index (χ3v) is 4.44. The summed E-state index contributed by atoms with van der Waals surface area (Å²) in [4.78, 5) is 13.8. The minimum Gasteiger partial charge on any atom is -0.391 e. The molecule has 1 amide bonds. The number of hydrogen-bond acceptors (Lipinski definition) is 2. The molecule has 0 spiro atoms. The van der Waals surface area contributed by atoms with Crippen LogP contribution < -0.4 is 0 Å². The molecule has 0 aromatic carbocycles. The van der Waals surface area contributed by atoms with Crippen LogP contribution in [0.1, 0.15) is 46.5 Å². The number of carbonyl (C=O) groups is 1. The van der Waals surface area contributed by atoms with Crippen molar-refractivity contribution in [2.24, 2.45) is 0 Å². The second-order valence-corrected chi connectivity index (χ2v) is 5.80. The van der Waals surface area contributed by atoms with E-state index in [-0.39, 0.29) is 12.5 Å². The quantitative estimate of drug-likeness (QED) is 0.341. The van der Waals surface area contributed by atoms with Crippen molar-refractivity contribution in [3.8, 4) is 0 Å². The van der Waals surface area contributed by atoms with Gasteiger partial charge >= 0.3 is 0 Å². The first-order chi connectivity index (χ1) is 10.0. The van der Waals surface area contributed by atoms with E-state index in [1.165, 1.54) is 12.8 Å². The molecule has 0 aliphatic rings. The van der Waals surface area contributed by atoms with E-state index in [2.05, 4.69) is 20.8 Å². The van der Waals surface area contributed by atoms with Crippen molar-refractivity contribution in [3.05, 3.63) is 12.2 Å². The maximum Gasteiger partial charge on any atom is 0.246 e. The number of likely N-dealkylation sites (N-methyl/N-ethyl adjacent to an activating group) is 2. The van der Waals surface area contributed by atoms with Gasteiger partial charge in [0.15, 0.2) is 0 Å². The predicted molar refractivity (Wildman–Crippen MR) is 89.1 cm³/mol. The lowest BCUT2D eigenvalue weighted by Gasteiger charge is -2.37. The van der Waals surface area contributed by atoms with Gasteiger partial charge in [-0.1, -0.05) is 25.8 Å². The van der Waals surface area contributed by atoms with E-state index < -0.39 is 0 Å². The highest BCUT2D eigenvalue weighted by atomic mass is 16.3. The van der Waals surface area contributed by atoms with Crippen molar-refractivity contribution >= 4 is 5.91 Å². The Kier molecular flexibility index (Phi) is 11.3. The number of allylic oxidation sites excluding steroid dienone is 1. The average molecular weight is 299 g/mol. The molecule has 21 heavy (non-hydrogen) atoms. The summed E-state index contributed by atoms with van der Waals surface area (Å²) in [5.74, 6) is 0.0841. The molecule has 0 bridgehead atoms. The minimum absolute atomic E-state index is 0.0841. The number of rotatable bonds is 12. The van der Waals surface area contributed by atoms with Gasteiger partial charge in [0.25, 0.3) is 0 Å². The third-order valence-electron chi connectivity index (χ3n) is 4.44. The Morgan fingerprint density at radius 3 is 2.33 bits per heavy atom. The largest absolute Gasteiger partial charge is 0.391 e. The molecular weight excluding hydrogens is 264 g/mol. The van der Waals surface area contributed by atoms with Crippen molar-refractivity contribution in [2.75, 3.05) is 46.4 Å². The van der Waals surface area contributed by atoms with Crippen LogP contribution >= 0.6 is 0 Å². The molecule has 0 aromatic heterocycles. The Bertz CT molecular complexity index is 299. The Labute approximate surface area is 131 Å². The number of unbranched alkanes of at least 4 members (excludes halogenated alkanes) is 3. The molecule has 4 heteroatoms. The highest BCUT2D eigenvalue weighted by Crippen LogP contribution is 2.06. The molecule has 0 rings (SSSR count). The van der Waals surface area contributed by atoms with Crippen LogP contribution in [0.2, 0.25) is 0 Å². The molecule has 124 valence electrons. The van der Waals surface area contributed by atoms with Crippen LogP contribution in [-0.2, 0) is 4.79 Å². The van der Waals surface area contributed by atoms with Gasteiger partial charge in [-0.15, -0.1) is 0 Å². The summed E-state index contributed by atoms with van der Waals surface area (Å²) in [5.41, 5.74) is 0. The third kappa shape index (κ3) is 8.22. The van der Waals surface area contributed by atoms with Crippen LogP contribution in [0.15, 0.2) is 12.2 Å². The van der Waals surface area contributed by atoms with Crippen LogP contribution in [0.5, 0.6) is 0 Å². The first-order valence-corrected chi connectivity index (χ1v) is 8.42. The number of aliphatic hydroxyl groups excluding tert-OH is 1. The van der Waals surface area contributed by atoms with Crippen LogP contribution in [0, 0.1) is 0 Å². The van der Waals surface area contributed by atoms with Gasteiger partial charge in [-0.3, -0.25) is 4.79 Å². The maximum absolute atomic E-state index is 12.0. The van der Waals surface area contributed by atoms with Gasteiger partial charge in [0, 0.05) is 7.05 Å². The van der Waals surface area contributed by atoms with Gasteiger partial charge in [0.1, 0.15) is 6.54 Å². The van der Waals surface area contributed by atoms with Gasteiger partial charge in [-0.05, 0) is 32.8 Å². The number of hydrogen-bond donors (Lipinski definition) is 1. The van der Waals surface area contributed by atoms with Gasteiger partial charge in [-0.25, -0.2) is 0 Å². The Balaban J connectivity index is 4.21. The fraction of sp³-hybridized carbons (Fsp3) is 0.824.